The van der Waals surface area contributed by atoms with Gasteiger partial charge in [-0.05, 0) is 29.2 Å². The topological polar surface area (TPSA) is 52.1 Å². The lowest BCUT2D eigenvalue weighted by Crippen LogP contribution is -2.10. The summed E-state index contributed by atoms with van der Waals surface area (Å²) in [5.41, 5.74) is 5.29. The van der Waals surface area contributed by atoms with Gasteiger partial charge in [0.25, 0.3) is 0 Å². The highest BCUT2D eigenvalue weighted by Gasteiger charge is 2.22. The summed E-state index contributed by atoms with van der Waals surface area (Å²) in [6.07, 6.45) is 0. The van der Waals surface area contributed by atoms with Crippen LogP contribution in [0.15, 0.2) is 45.2 Å². The second-order valence-corrected chi connectivity index (χ2v) is 8.90. The number of oxazole rings is 2. The predicted octanol–water partition coefficient (Wildman–Crippen LogP) is 6.23. The van der Waals surface area contributed by atoms with E-state index in [0.29, 0.717) is 11.5 Å². The van der Waals surface area contributed by atoms with Crippen LogP contribution in [-0.4, -0.2) is 9.97 Å². The van der Waals surface area contributed by atoms with Crippen LogP contribution in [0, 0.1) is 0 Å². The van der Waals surface area contributed by atoms with Crippen LogP contribution in [0.1, 0.15) is 53.0 Å². The van der Waals surface area contributed by atoms with E-state index in [2.05, 4.69) is 75.8 Å². The molecule has 4 nitrogen and oxygen atoms in total. The summed E-state index contributed by atoms with van der Waals surface area (Å²) in [6.45, 7) is 12.9. The average Bonchev–Trinajstić information content (AvgIpc) is 3.14. The molecule has 2 heterocycles. The standard InChI is InChI=1S/C22H24N2O2/c1-21(2,3)14-9-7-13(8-10-14)19-23-15-11-16-18(12-17(15)25-19)26-20(24-16)22(4,5)6/h7-12H,1-6H3. The SMILES string of the molecule is CC(C)(C)c1ccc(-c2nc3cc4nc(C(C)(C)C)oc4cc3o2)cc1. The van der Waals surface area contributed by atoms with Crippen LogP contribution in [0.3, 0.4) is 0 Å². The lowest BCUT2D eigenvalue weighted by molar-refractivity contribution is 0.411. The molecule has 4 rings (SSSR count). The molecule has 4 aromatic rings. The van der Waals surface area contributed by atoms with Gasteiger partial charge < -0.3 is 8.83 Å². The van der Waals surface area contributed by atoms with E-state index in [0.717, 1.165) is 28.1 Å². The summed E-state index contributed by atoms with van der Waals surface area (Å²) >= 11 is 0. The van der Waals surface area contributed by atoms with Crippen LogP contribution < -0.4 is 0 Å². The van der Waals surface area contributed by atoms with Crippen molar-refractivity contribution in [3.05, 3.63) is 47.9 Å². The molecule has 0 saturated carbocycles. The molecular formula is C22H24N2O2. The van der Waals surface area contributed by atoms with Crippen LogP contribution in [0.2, 0.25) is 0 Å². The number of aromatic nitrogens is 2. The maximum absolute atomic E-state index is 5.98. The zero-order valence-electron chi connectivity index (χ0n) is 16.2. The molecule has 2 aromatic carbocycles. The van der Waals surface area contributed by atoms with Gasteiger partial charge in [-0.25, -0.2) is 9.97 Å². The quantitative estimate of drug-likeness (QED) is 0.409. The van der Waals surface area contributed by atoms with Crippen molar-refractivity contribution in [1.29, 1.82) is 0 Å². The Morgan fingerprint density at radius 2 is 1.31 bits per heavy atom. The van der Waals surface area contributed by atoms with Gasteiger partial charge in [-0.3, -0.25) is 0 Å². The van der Waals surface area contributed by atoms with Gasteiger partial charge in [0.2, 0.25) is 11.8 Å². The minimum absolute atomic E-state index is 0.126. The van der Waals surface area contributed by atoms with Crippen molar-refractivity contribution in [1.82, 2.24) is 9.97 Å². The molecule has 0 radical (unpaired) electrons. The van der Waals surface area contributed by atoms with E-state index in [9.17, 15) is 0 Å². The summed E-state index contributed by atoms with van der Waals surface area (Å²) in [4.78, 5) is 9.25. The zero-order valence-corrected chi connectivity index (χ0v) is 16.2. The van der Waals surface area contributed by atoms with Crippen molar-refractivity contribution < 1.29 is 8.83 Å². The Morgan fingerprint density at radius 3 is 1.92 bits per heavy atom. The highest BCUT2D eigenvalue weighted by Crippen LogP contribution is 2.32. The molecule has 26 heavy (non-hydrogen) atoms. The second kappa shape index (κ2) is 5.44. The fourth-order valence-corrected chi connectivity index (χ4v) is 2.91. The van der Waals surface area contributed by atoms with E-state index < -0.39 is 0 Å². The third kappa shape index (κ3) is 2.90. The number of nitrogens with zero attached hydrogens (tertiary/aromatic N) is 2. The van der Waals surface area contributed by atoms with Crippen LogP contribution in [0.5, 0.6) is 0 Å². The van der Waals surface area contributed by atoms with Crippen molar-refractivity contribution >= 4 is 22.2 Å². The molecule has 2 aromatic heterocycles. The van der Waals surface area contributed by atoms with Gasteiger partial charge in [-0.15, -0.1) is 0 Å². The molecule has 0 aliphatic carbocycles. The predicted molar refractivity (Wildman–Crippen MR) is 104 cm³/mol. The first-order valence-corrected chi connectivity index (χ1v) is 8.94. The maximum Gasteiger partial charge on any atom is 0.227 e. The van der Waals surface area contributed by atoms with Gasteiger partial charge in [-0.1, -0.05) is 53.7 Å². The Morgan fingerprint density at radius 1 is 0.692 bits per heavy atom. The van der Waals surface area contributed by atoms with Gasteiger partial charge in [0.1, 0.15) is 11.0 Å². The molecule has 0 unspecified atom stereocenters. The Balaban J connectivity index is 1.76. The highest BCUT2D eigenvalue weighted by molar-refractivity contribution is 5.90. The average molecular weight is 348 g/mol. The van der Waals surface area contributed by atoms with Gasteiger partial charge in [-0.2, -0.15) is 0 Å². The summed E-state index contributed by atoms with van der Waals surface area (Å²) < 4.78 is 11.9. The van der Waals surface area contributed by atoms with E-state index in [1.807, 2.05) is 12.1 Å². The minimum atomic E-state index is -0.131. The fourth-order valence-electron chi connectivity index (χ4n) is 2.91. The maximum atomic E-state index is 5.98. The molecule has 0 aliphatic rings. The minimum Gasteiger partial charge on any atom is -0.440 e. The van der Waals surface area contributed by atoms with Crippen molar-refractivity contribution in [3.63, 3.8) is 0 Å². The summed E-state index contributed by atoms with van der Waals surface area (Å²) in [5.74, 6) is 1.34. The molecular weight excluding hydrogens is 324 g/mol. The lowest BCUT2D eigenvalue weighted by atomic mass is 9.87. The van der Waals surface area contributed by atoms with Gasteiger partial charge >= 0.3 is 0 Å². The Labute approximate surface area is 153 Å². The van der Waals surface area contributed by atoms with Crippen LogP contribution in [-0.2, 0) is 10.8 Å². The third-order valence-electron chi connectivity index (χ3n) is 4.54. The van der Waals surface area contributed by atoms with Gasteiger partial charge in [0, 0.05) is 17.0 Å². The monoisotopic (exact) mass is 348 g/mol. The van der Waals surface area contributed by atoms with E-state index in [1.165, 1.54) is 5.56 Å². The smallest absolute Gasteiger partial charge is 0.227 e. The molecule has 4 heteroatoms. The molecule has 0 fully saturated rings. The molecule has 0 saturated heterocycles. The first-order chi connectivity index (χ1) is 12.1. The van der Waals surface area contributed by atoms with E-state index in [1.54, 1.807) is 0 Å². The third-order valence-corrected chi connectivity index (χ3v) is 4.54. The van der Waals surface area contributed by atoms with E-state index in [-0.39, 0.29) is 10.8 Å². The van der Waals surface area contributed by atoms with E-state index >= 15 is 0 Å². The van der Waals surface area contributed by atoms with Crippen molar-refractivity contribution in [2.45, 2.75) is 52.4 Å². The number of benzene rings is 2. The van der Waals surface area contributed by atoms with Crippen LogP contribution in [0.4, 0.5) is 0 Å². The van der Waals surface area contributed by atoms with Crippen molar-refractivity contribution in [2.75, 3.05) is 0 Å². The Bertz CT molecular complexity index is 1040. The number of fused-ring (bicyclic) bond motifs is 2. The molecule has 0 amide bonds. The first-order valence-electron chi connectivity index (χ1n) is 8.94. The molecule has 0 N–H and O–H groups in total. The molecule has 0 aliphatic heterocycles. The normalized spacial score (nSPS) is 13.0. The number of hydrogen-bond donors (Lipinski definition) is 0. The molecule has 0 atom stereocenters. The number of rotatable bonds is 1. The largest absolute Gasteiger partial charge is 0.440 e. The Hall–Kier alpha value is -2.62. The van der Waals surface area contributed by atoms with E-state index in [4.69, 9.17) is 8.83 Å². The molecule has 134 valence electrons. The summed E-state index contributed by atoms with van der Waals surface area (Å²) in [7, 11) is 0. The van der Waals surface area contributed by atoms with Gasteiger partial charge in [0.05, 0.1) is 0 Å². The van der Waals surface area contributed by atoms with Crippen molar-refractivity contribution in [3.8, 4) is 11.5 Å². The lowest BCUT2D eigenvalue weighted by Gasteiger charge is -2.18. The van der Waals surface area contributed by atoms with Crippen LogP contribution in [0.25, 0.3) is 33.7 Å². The molecule has 0 spiro atoms. The Kier molecular flexibility index (Phi) is 3.52. The molecule has 0 bridgehead atoms. The summed E-state index contributed by atoms with van der Waals surface area (Å²) in [5, 5.41) is 0. The highest BCUT2D eigenvalue weighted by atomic mass is 16.4. The second-order valence-electron chi connectivity index (χ2n) is 8.90. The zero-order chi connectivity index (χ0) is 18.7. The number of hydrogen-bond acceptors (Lipinski definition) is 4. The van der Waals surface area contributed by atoms with Gasteiger partial charge in [0.15, 0.2) is 11.2 Å². The van der Waals surface area contributed by atoms with Crippen molar-refractivity contribution in [2.24, 2.45) is 0 Å². The summed E-state index contributed by atoms with van der Waals surface area (Å²) in [6, 6.07) is 12.2. The van der Waals surface area contributed by atoms with Crippen LogP contribution >= 0.6 is 0 Å². The fraction of sp³-hybridized carbons (Fsp3) is 0.364. The first kappa shape index (κ1) is 16.8.